The van der Waals surface area contributed by atoms with E-state index in [1.807, 2.05) is 0 Å². The van der Waals surface area contributed by atoms with Gasteiger partial charge in [-0.1, -0.05) is 280 Å². The molecule has 0 aromatic carbocycles. The van der Waals surface area contributed by atoms with E-state index in [2.05, 4.69) is 55.4 Å². The highest BCUT2D eigenvalue weighted by Crippen LogP contribution is 2.45. The molecule has 0 fully saturated rings. The Morgan fingerprint density at radius 1 is 0.322 bits per heavy atom. The molecule has 0 saturated heterocycles. The van der Waals surface area contributed by atoms with Crippen LogP contribution < -0.4 is 0 Å². The number of carbonyl (C=O) groups excluding carboxylic acids is 4. The minimum absolute atomic E-state index is 0.101. The second kappa shape index (κ2) is 57.9. The summed E-state index contributed by atoms with van der Waals surface area (Å²) in [6.07, 6.45) is 39.2. The average Bonchev–Trinajstić information content (AvgIpc) is 3.69. The molecule has 17 nitrogen and oxygen atoms in total. The number of esters is 4. The largest absolute Gasteiger partial charge is 0.472 e. The number of aliphatic hydroxyl groups is 1. The number of hydrogen-bond donors (Lipinski definition) is 3. The summed E-state index contributed by atoms with van der Waals surface area (Å²) in [6.45, 7) is 14.0. The van der Waals surface area contributed by atoms with Crippen molar-refractivity contribution in [3.05, 3.63) is 0 Å². The molecule has 0 aliphatic carbocycles. The van der Waals surface area contributed by atoms with Crippen molar-refractivity contribution in [3.63, 3.8) is 0 Å². The van der Waals surface area contributed by atoms with E-state index in [1.165, 1.54) is 128 Å². The zero-order valence-electron chi connectivity index (χ0n) is 56.6. The van der Waals surface area contributed by atoms with Crippen LogP contribution in [-0.4, -0.2) is 96.7 Å². The molecule has 0 radical (unpaired) electrons. The Morgan fingerprint density at radius 2 is 0.552 bits per heavy atom. The second-order valence-electron chi connectivity index (χ2n) is 26.2. The van der Waals surface area contributed by atoms with E-state index in [-0.39, 0.29) is 25.7 Å². The van der Waals surface area contributed by atoms with Gasteiger partial charge in [0.25, 0.3) is 0 Å². The van der Waals surface area contributed by atoms with Crippen LogP contribution in [0.3, 0.4) is 0 Å². The molecule has 0 amide bonds. The SMILES string of the molecule is CCC(C)CCCCCCCCCCCCC(=O)O[C@H](COC(=O)CCCCCCCCC(C)C)COP(=O)(O)OC[C@H](O)COP(=O)(O)OC[C@@H](COC(=O)CCCCCCCCCCCCCCC(C)C)OC(=O)CCCCCCCCC(C)C. The van der Waals surface area contributed by atoms with Gasteiger partial charge in [-0.25, -0.2) is 9.13 Å². The molecule has 0 rings (SSSR count). The third kappa shape index (κ3) is 61.3. The lowest BCUT2D eigenvalue weighted by molar-refractivity contribution is -0.161. The number of hydrogen-bond acceptors (Lipinski definition) is 15. The van der Waals surface area contributed by atoms with Gasteiger partial charge in [0.1, 0.15) is 19.3 Å². The molecule has 516 valence electrons. The van der Waals surface area contributed by atoms with Gasteiger partial charge in [-0.2, -0.15) is 0 Å². The number of phosphoric ester groups is 2. The summed E-state index contributed by atoms with van der Waals surface area (Å²) in [5.41, 5.74) is 0. The Kier molecular flexibility index (Phi) is 56.6. The summed E-state index contributed by atoms with van der Waals surface area (Å²) in [7, 11) is -9.90. The highest BCUT2D eigenvalue weighted by molar-refractivity contribution is 7.47. The lowest BCUT2D eigenvalue weighted by Crippen LogP contribution is -2.30. The molecular weight excluding hydrogens is 1150 g/mol. The van der Waals surface area contributed by atoms with Crippen molar-refractivity contribution in [2.75, 3.05) is 39.6 Å². The maximum absolute atomic E-state index is 13.0. The fourth-order valence-electron chi connectivity index (χ4n) is 10.1. The first-order chi connectivity index (χ1) is 41.6. The molecule has 0 saturated carbocycles. The van der Waals surface area contributed by atoms with Gasteiger partial charge in [-0.15, -0.1) is 0 Å². The summed E-state index contributed by atoms with van der Waals surface area (Å²) in [5.74, 6) is 0.796. The minimum atomic E-state index is -4.95. The third-order valence-electron chi connectivity index (χ3n) is 15.9. The average molecular weight is 1280 g/mol. The number of rotatable bonds is 65. The van der Waals surface area contributed by atoms with Crippen LogP contribution in [0.5, 0.6) is 0 Å². The highest BCUT2D eigenvalue weighted by Gasteiger charge is 2.30. The van der Waals surface area contributed by atoms with Crippen LogP contribution >= 0.6 is 15.6 Å². The summed E-state index contributed by atoms with van der Waals surface area (Å²) < 4.78 is 68.1. The molecule has 3 N–H and O–H groups in total. The fraction of sp³-hybridized carbons (Fsp3) is 0.941. The molecule has 0 bridgehead atoms. The summed E-state index contributed by atoms with van der Waals surface area (Å²) >= 11 is 0. The van der Waals surface area contributed by atoms with Crippen molar-refractivity contribution in [3.8, 4) is 0 Å². The van der Waals surface area contributed by atoms with Gasteiger partial charge in [0.05, 0.1) is 26.4 Å². The molecule has 6 atom stereocenters. The van der Waals surface area contributed by atoms with Gasteiger partial charge in [-0.3, -0.25) is 37.3 Å². The monoisotopic (exact) mass is 1280 g/mol. The van der Waals surface area contributed by atoms with Crippen molar-refractivity contribution in [2.45, 2.75) is 350 Å². The first-order valence-corrected chi connectivity index (χ1v) is 38.2. The lowest BCUT2D eigenvalue weighted by Gasteiger charge is -2.21. The summed E-state index contributed by atoms with van der Waals surface area (Å²) in [6, 6.07) is 0. The number of phosphoric acid groups is 2. The number of unbranched alkanes of at least 4 members (excludes halogenated alkanes) is 30. The van der Waals surface area contributed by atoms with Gasteiger partial charge in [0.15, 0.2) is 12.2 Å². The summed E-state index contributed by atoms with van der Waals surface area (Å²) in [5, 5.41) is 10.6. The molecule has 0 aliphatic rings. The zero-order valence-corrected chi connectivity index (χ0v) is 58.4. The topological polar surface area (TPSA) is 237 Å². The molecule has 87 heavy (non-hydrogen) atoms. The van der Waals surface area contributed by atoms with Crippen LogP contribution in [-0.2, 0) is 65.4 Å². The van der Waals surface area contributed by atoms with Gasteiger partial charge >= 0.3 is 39.5 Å². The smallest absolute Gasteiger partial charge is 0.462 e. The van der Waals surface area contributed by atoms with Gasteiger partial charge < -0.3 is 33.8 Å². The standard InChI is InChI=1S/C68H132O17P2/c1-9-61(8)47-39-31-21-17-14-15-19-23-34-42-50-67(72)84-63(55-79-66(71)49-41-33-26-24-29-37-45-59(4)5)56-82-86(74,75)80-52-62(69)53-81-87(76,77)83-57-64(85-68(73)51-43-35-27-25-30-38-46-60(6)7)54-78-65(70)48-40-32-22-18-13-11-10-12-16-20-28-36-44-58(2)3/h58-64,69H,9-57H2,1-8H3,(H,74,75)(H,76,77)/t61?,62-,63+,64+/m0/s1. The maximum Gasteiger partial charge on any atom is 0.472 e. The molecule has 0 heterocycles. The Balaban J connectivity index is 5.21. The minimum Gasteiger partial charge on any atom is -0.462 e. The van der Waals surface area contributed by atoms with E-state index < -0.39 is 97.5 Å². The van der Waals surface area contributed by atoms with Gasteiger partial charge in [0, 0.05) is 25.7 Å². The van der Waals surface area contributed by atoms with Crippen molar-refractivity contribution >= 4 is 39.5 Å². The quantitative estimate of drug-likeness (QED) is 0.0222. The Hall–Kier alpha value is -1.94. The number of carbonyl (C=O) groups is 4. The van der Waals surface area contributed by atoms with Crippen LogP contribution in [0.15, 0.2) is 0 Å². The van der Waals surface area contributed by atoms with Gasteiger partial charge in [-0.05, 0) is 49.4 Å². The first kappa shape index (κ1) is 85.1. The fourth-order valence-corrected chi connectivity index (χ4v) is 11.7. The number of aliphatic hydroxyl groups excluding tert-OH is 1. The molecule has 3 unspecified atom stereocenters. The second-order valence-corrected chi connectivity index (χ2v) is 29.1. The van der Waals surface area contributed by atoms with Crippen LogP contribution in [0.4, 0.5) is 0 Å². The predicted molar refractivity (Wildman–Crippen MR) is 349 cm³/mol. The third-order valence-corrected chi connectivity index (χ3v) is 17.8. The van der Waals surface area contributed by atoms with E-state index in [0.29, 0.717) is 37.5 Å². The Morgan fingerprint density at radius 3 is 0.816 bits per heavy atom. The molecule has 0 spiro atoms. The summed E-state index contributed by atoms with van der Waals surface area (Å²) in [4.78, 5) is 72.4. The van der Waals surface area contributed by atoms with Crippen molar-refractivity contribution < 1.29 is 80.2 Å². The molecule has 19 heteroatoms. The van der Waals surface area contributed by atoms with Crippen LogP contribution in [0, 0.1) is 23.7 Å². The van der Waals surface area contributed by atoms with Crippen LogP contribution in [0.1, 0.15) is 331 Å². The van der Waals surface area contributed by atoms with E-state index in [0.717, 1.165) is 108 Å². The van der Waals surface area contributed by atoms with E-state index >= 15 is 0 Å². The zero-order chi connectivity index (χ0) is 64.7. The maximum atomic E-state index is 13.0. The van der Waals surface area contributed by atoms with E-state index in [1.54, 1.807) is 0 Å². The predicted octanol–water partition coefficient (Wildman–Crippen LogP) is 18.9. The van der Waals surface area contributed by atoms with Crippen molar-refractivity contribution in [2.24, 2.45) is 23.7 Å². The van der Waals surface area contributed by atoms with Gasteiger partial charge in [0.2, 0.25) is 0 Å². The molecule has 0 aromatic rings. The Labute approximate surface area is 530 Å². The molecule has 0 aromatic heterocycles. The lowest BCUT2D eigenvalue weighted by atomic mass is 9.99. The van der Waals surface area contributed by atoms with Crippen molar-refractivity contribution in [1.82, 2.24) is 0 Å². The van der Waals surface area contributed by atoms with Crippen LogP contribution in [0.25, 0.3) is 0 Å². The normalized spacial score (nSPS) is 14.6. The first-order valence-electron chi connectivity index (χ1n) is 35.2. The van der Waals surface area contributed by atoms with E-state index in [9.17, 15) is 43.2 Å². The van der Waals surface area contributed by atoms with Crippen LogP contribution in [0.2, 0.25) is 0 Å². The highest BCUT2D eigenvalue weighted by atomic mass is 31.2. The molecule has 0 aliphatic heterocycles. The Bertz CT molecular complexity index is 1730. The van der Waals surface area contributed by atoms with E-state index in [4.69, 9.17) is 37.0 Å². The molecular formula is C68H132O17P2. The number of ether oxygens (including phenoxy) is 4. The van der Waals surface area contributed by atoms with Crippen molar-refractivity contribution in [1.29, 1.82) is 0 Å².